The van der Waals surface area contributed by atoms with Gasteiger partial charge in [0.1, 0.15) is 5.75 Å². The highest BCUT2D eigenvalue weighted by Gasteiger charge is 2.29. The number of ether oxygens (including phenoxy) is 1. The molecule has 0 aliphatic rings. The molecule has 5 heteroatoms. The number of hydrogen-bond donors (Lipinski definition) is 2. The van der Waals surface area contributed by atoms with Gasteiger partial charge in [-0.25, -0.2) is 0 Å². The van der Waals surface area contributed by atoms with Crippen molar-refractivity contribution < 1.29 is 14.3 Å². The Morgan fingerprint density at radius 3 is 1.88 bits per heavy atom. The molecule has 0 heterocycles. The van der Waals surface area contributed by atoms with E-state index in [4.69, 9.17) is 4.74 Å². The summed E-state index contributed by atoms with van der Waals surface area (Å²) >= 11 is 0. The van der Waals surface area contributed by atoms with Crippen LogP contribution in [0.3, 0.4) is 0 Å². The molecule has 1 unspecified atom stereocenters. The van der Waals surface area contributed by atoms with Gasteiger partial charge in [0.05, 0.1) is 19.6 Å². The molecule has 32 heavy (non-hydrogen) atoms. The van der Waals surface area contributed by atoms with E-state index < -0.39 is 6.04 Å². The van der Waals surface area contributed by atoms with Crippen molar-refractivity contribution >= 4 is 11.8 Å². The van der Waals surface area contributed by atoms with Gasteiger partial charge in [-0.05, 0) is 35.7 Å². The van der Waals surface area contributed by atoms with Crippen LogP contribution in [0.5, 0.6) is 5.75 Å². The number of hydrogen-bond acceptors (Lipinski definition) is 3. The number of methoxy groups -OCH3 is 1. The molecule has 3 rings (SSSR count). The van der Waals surface area contributed by atoms with Gasteiger partial charge in [0.25, 0.3) is 0 Å². The Bertz CT molecular complexity index is 978. The average molecular weight is 431 g/mol. The lowest BCUT2D eigenvalue weighted by Crippen LogP contribution is -2.41. The lowest BCUT2D eigenvalue weighted by Gasteiger charge is -2.31. The lowest BCUT2D eigenvalue weighted by atomic mass is 9.76. The molecule has 0 bridgehead atoms. The van der Waals surface area contributed by atoms with Gasteiger partial charge in [-0.3, -0.25) is 9.59 Å². The van der Waals surface area contributed by atoms with Crippen molar-refractivity contribution in [2.45, 2.75) is 31.7 Å². The molecule has 0 saturated heterocycles. The first-order valence-electron chi connectivity index (χ1n) is 10.7. The van der Waals surface area contributed by atoms with Gasteiger partial charge in [-0.2, -0.15) is 0 Å². The average Bonchev–Trinajstić information content (AvgIpc) is 2.83. The molecule has 2 N–H and O–H groups in total. The maximum atomic E-state index is 13.0. The largest absolute Gasteiger partial charge is 0.497 e. The van der Waals surface area contributed by atoms with E-state index in [0.717, 1.165) is 22.4 Å². The summed E-state index contributed by atoms with van der Waals surface area (Å²) in [6.07, 6.45) is 0.144. The second-order valence-corrected chi connectivity index (χ2v) is 8.07. The summed E-state index contributed by atoms with van der Waals surface area (Å²) in [4.78, 5) is 24.7. The molecule has 0 radical (unpaired) electrons. The first kappa shape index (κ1) is 23.1. The van der Waals surface area contributed by atoms with Crippen molar-refractivity contribution in [3.63, 3.8) is 0 Å². The highest BCUT2D eigenvalue weighted by Crippen LogP contribution is 2.31. The van der Waals surface area contributed by atoms with Crippen molar-refractivity contribution in [1.29, 1.82) is 0 Å². The number of carbonyl (C=O) groups is 2. The molecule has 0 aliphatic carbocycles. The molecule has 0 fully saturated rings. The van der Waals surface area contributed by atoms with Crippen LogP contribution < -0.4 is 15.4 Å². The van der Waals surface area contributed by atoms with Gasteiger partial charge in [-0.15, -0.1) is 0 Å². The highest BCUT2D eigenvalue weighted by molar-refractivity contribution is 5.79. The summed E-state index contributed by atoms with van der Waals surface area (Å²) in [5.41, 5.74) is 2.71. The quantitative estimate of drug-likeness (QED) is 0.529. The smallest absolute Gasteiger partial charge is 0.222 e. The lowest BCUT2D eigenvalue weighted by molar-refractivity contribution is -0.122. The van der Waals surface area contributed by atoms with Crippen molar-refractivity contribution in [1.82, 2.24) is 10.6 Å². The summed E-state index contributed by atoms with van der Waals surface area (Å²) in [6, 6.07) is 27.3. The van der Waals surface area contributed by atoms with Gasteiger partial charge >= 0.3 is 0 Å². The van der Waals surface area contributed by atoms with Gasteiger partial charge in [-0.1, -0.05) is 72.8 Å². The normalized spacial score (nSPS) is 12.0. The molecular weight excluding hydrogens is 400 g/mol. The SMILES string of the molecule is COc1ccc(C(CC(=O)NCC(C)(c2ccccc2)c2ccccc2)NC(C)=O)cc1. The van der Waals surface area contributed by atoms with Crippen LogP contribution in [-0.2, 0) is 15.0 Å². The molecule has 166 valence electrons. The Morgan fingerprint density at radius 1 is 0.875 bits per heavy atom. The molecule has 5 nitrogen and oxygen atoms in total. The Kier molecular flexibility index (Phi) is 7.66. The molecule has 0 aliphatic heterocycles. The zero-order valence-corrected chi connectivity index (χ0v) is 18.8. The monoisotopic (exact) mass is 430 g/mol. The molecular formula is C27H30N2O3. The van der Waals surface area contributed by atoms with E-state index >= 15 is 0 Å². The fourth-order valence-corrected chi connectivity index (χ4v) is 3.85. The standard InChI is InChI=1S/C27H30N2O3/c1-20(30)29-25(21-14-16-24(32-3)17-15-21)18-26(31)28-19-27(2,22-10-6-4-7-11-22)23-12-8-5-9-13-23/h4-17,25H,18-19H2,1-3H3,(H,28,31)(H,29,30). The van der Waals surface area contributed by atoms with E-state index in [1.807, 2.05) is 60.7 Å². The van der Waals surface area contributed by atoms with E-state index in [-0.39, 0.29) is 23.7 Å². The Morgan fingerprint density at radius 2 is 1.41 bits per heavy atom. The van der Waals surface area contributed by atoms with Gasteiger partial charge in [0.15, 0.2) is 0 Å². The van der Waals surface area contributed by atoms with E-state index in [0.29, 0.717) is 6.54 Å². The Hall–Kier alpha value is -3.60. The van der Waals surface area contributed by atoms with Crippen molar-refractivity contribution in [2.75, 3.05) is 13.7 Å². The van der Waals surface area contributed by atoms with Gasteiger partial charge in [0, 0.05) is 18.9 Å². The summed E-state index contributed by atoms with van der Waals surface area (Å²) in [5.74, 6) is 0.413. The molecule has 1 atom stereocenters. The fraction of sp³-hybridized carbons (Fsp3) is 0.259. The fourth-order valence-electron chi connectivity index (χ4n) is 3.85. The van der Waals surface area contributed by atoms with Crippen LogP contribution in [0.1, 0.15) is 43.0 Å². The summed E-state index contributed by atoms with van der Waals surface area (Å²) < 4.78 is 5.20. The molecule has 3 aromatic carbocycles. The number of amides is 2. The minimum Gasteiger partial charge on any atom is -0.497 e. The van der Waals surface area contributed by atoms with Crippen LogP contribution in [0.15, 0.2) is 84.9 Å². The molecule has 0 aromatic heterocycles. The van der Waals surface area contributed by atoms with Crippen molar-refractivity contribution in [2.24, 2.45) is 0 Å². The zero-order valence-electron chi connectivity index (χ0n) is 18.8. The summed E-state index contributed by atoms with van der Waals surface area (Å²) in [7, 11) is 1.60. The first-order chi connectivity index (χ1) is 15.4. The van der Waals surface area contributed by atoms with Crippen molar-refractivity contribution in [3.05, 3.63) is 102 Å². The van der Waals surface area contributed by atoms with Crippen LogP contribution in [0, 0.1) is 0 Å². The van der Waals surface area contributed by atoms with E-state index in [1.54, 1.807) is 7.11 Å². The van der Waals surface area contributed by atoms with E-state index in [1.165, 1.54) is 6.92 Å². The topological polar surface area (TPSA) is 67.4 Å². The minimum atomic E-state index is -0.418. The third-order valence-electron chi connectivity index (χ3n) is 5.75. The van der Waals surface area contributed by atoms with Crippen LogP contribution in [0.4, 0.5) is 0 Å². The van der Waals surface area contributed by atoms with Crippen molar-refractivity contribution in [3.8, 4) is 5.75 Å². The third-order valence-corrected chi connectivity index (χ3v) is 5.75. The van der Waals surface area contributed by atoms with Crippen LogP contribution >= 0.6 is 0 Å². The summed E-state index contributed by atoms with van der Waals surface area (Å²) in [5, 5.41) is 5.99. The highest BCUT2D eigenvalue weighted by atomic mass is 16.5. The first-order valence-corrected chi connectivity index (χ1v) is 10.7. The third kappa shape index (κ3) is 5.76. The van der Waals surface area contributed by atoms with Gasteiger partial charge in [0.2, 0.25) is 11.8 Å². The zero-order chi connectivity index (χ0) is 23.0. The predicted molar refractivity (Wildman–Crippen MR) is 127 cm³/mol. The molecule has 0 spiro atoms. The Labute approximate surface area is 189 Å². The minimum absolute atomic E-state index is 0.127. The maximum Gasteiger partial charge on any atom is 0.222 e. The predicted octanol–water partition coefficient (Wildman–Crippen LogP) is 4.38. The second-order valence-electron chi connectivity index (χ2n) is 8.07. The number of benzene rings is 3. The Balaban J connectivity index is 1.76. The molecule has 2 amide bonds. The molecule has 0 saturated carbocycles. The van der Waals surface area contributed by atoms with Gasteiger partial charge < -0.3 is 15.4 Å². The van der Waals surface area contributed by atoms with Crippen LogP contribution in [0.25, 0.3) is 0 Å². The maximum absolute atomic E-state index is 13.0. The van der Waals surface area contributed by atoms with E-state index in [2.05, 4.69) is 41.8 Å². The van der Waals surface area contributed by atoms with Crippen LogP contribution in [-0.4, -0.2) is 25.5 Å². The number of nitrogens with one attached hydrogen (secondary N) is 2. The number of rotatable bonds is 9. The number of carbonyl (C=O) groups excluding carboxylic acids is 2. The second kappa shape index (κ2) is 10.6. The van der Waals surface area contributed by atoms with E-state index in [9.17, 15) is 9.59 Å². The molecule has 3 aromatic rings. The van der Waals surface area contributed by atoms with Crippen LogP contribution in [0.2, 0.25) is 0 Å². The summed E-state index contributed by atoms with van der Waals surface area (Å²) in [6.45, 7) is 4.03.